The van der Waals surface area contributed by atoms with Gasteiger partial charge in [-0.25, -0.2) is 4.39 Å². The van der Waals surface area contributed by atoms with Crippen molar-refractivity contribution in [3.05, 3.63) is 58.3 Å². The van der Waals surface area contributed by atoms with Gasteiger partial charge in [-0.05, 0) is 49.2 Å². The number of carbonyl (C=O) groups is 1. The van der Waals surface area contributed by atoms with Crippen LogP contribution in [0.5, 0.6) is 0 Å². The van der Waals surface area contributed by atoms with Crippen molar-refractivity contribution < 1.29 is 13.9 Å². The average Bonchev–Trinajstić information content (AvgIpc) is 3.41. The lowest BCUT2D eigenvalue weighted by molar-refractivity contribution is -0.113. The Morgan fingerprint density at radius 1 is 1.19 bits per heavy atom. The van der Waals surface area contributed by atoms with Crippen LogP contribution < -0.4 is 5.32 Å². The third-order valence-corrected chi connectivity index (χ3v) is 6.39. The van der Waals surface area contributed by atoms with Crippen molar-refractivity contribution in [2.75, 3.05) is 17.7 Å². The molecule has 1 saturated heterocycles. The van der Waals surface area contributed by atoms with E-state index in [1.807, 2.05) is 4.57 Å². The molecule has 1 aliphatic rings. The fraction of sp³-hybridized carbons (Fsp3) is 0.286. The van der Waals surface area contributed by atoms with Crippen LogP contribution in [0.2, 0.25) is 10.0 Å². The van der Waals surface area contributed by atoms with Gasteiger partial charge >= 0.3 is 0 Å². The summed E-state index contributed by atoms with van der Waals surface area (Å²) < 4.78 is 21.0. The third kappa shape index (κ3) is 5.38. The Labute approximate surface area is 193 Å². The lowest BCUT2D eigenvalue weighted by Gasteiger charge is -2.15. The van der Waals surface area contributed by atoms with Crippen LogP contribution in [-0.4, -0.2) is 39.1 Å². The molecule has 10 heteroatoms. The minimum absolute atomic E-state index is 0.0466. The first kappa shape index (κ1) is 22.1. The molecule has 0 radical (unpaired) electrons. The molecule has 1 atom stereocenters. The van der Waals surface area contributed by atoms with E-state index in [-0.39, 0.29) is 23.6 Å². The number of halogens is 3. The Hall–Kier alpha value is -2.13. The number of para-hydroxylation sites is 1. The molecule has 6 nitrogen and oxygen atoms in total. The summed E-state index contributed by atoms with van der Waals surface area (Å²) in [6, 6.07) is 11.1. The van der Waals surface area contributed by atoms with E-state index in [1.165, 1.54) is 23.9 Å². The van der Waals surface area contributed by atoms with Gasteiger partial charge in [-0.15, -0.1) is 10.2 Å². The molecule has 2 heterocycles. The van der Waals surface area contributed by atoms with Gasteiger partial charge in [-0.1, -0.05) is 41.0 Å². The van der Waals surface area contributed by atoms with Gasteiger partial charge in [-0.3, -0.25) is 9.36 Å². The van der Waals surface area contributed by atoms with Crippen molar-refractivity contribution in [1.82, 2.24) is 14.8 Å². The van der Waals surface area contributed by atoms with Crippen LogP contribution in [0.1, 0.15) is 12.8 Å². The Morgan fingerprint density at radius 3 is 2.61 bits per heavy atom. The highest BCUT2D eigenvalue weighted by Gasteiger charge is 2.22. The van der Waals surface area contributed by atoms with Crippen LogP contribution in [0.4, 0.5) is 10.1 Å². The number of anilines is 1. The van der Waals surface area contributed by atoms with E-state index in [2.05, 4.69) is 15.5 Å². The highest BCUT2D eigenvalue weighted by molar-refractivity contribution is 7.99. The molecule has 4 rings (SSSR count). The van der Waals surface area contributed by atoms with E-state index in [4.69, 9.17) is 27.9 Å². The smallest absolute Gasteiger partial charge is 0.234 e. The Kier molecular flexibility index (Phi) is 7.12. The van der Waals surface area contributed by atoms with Gasteiger partial charge in [0.1, 0.15) is 5.82 Å². The van der Waals surface area contributed by atoms with E-state index in [0.717, 1.165) is 25.0 Å². The van der Waals surface area contributed by atoms with Crippen molar-refractivity contribution in [3.63, 3.8) is 0 Å². The second kappa shape index (κ2) is 9.99. The summed E-state index contributed by atoms with van der Waals surface area (Å²) in [6.07, 6.45) is 1.99. The second-order valence-corrected chi connectivity index (χ2v) is 8.75. The first-order valence-corrected chi connectivity index (χ1v) is 11.4. The summed E-state index contributed by atoms with van der Waals surface area (Å²) in [5.41, 5.74) is 1.12. The maximum absolute atomic E-state index is 13.4. The number of rotatable bonds is 7. The molecule has 0 saturated carbocycles. The molecule has 1 amide bonds. The van der Waals surface area contributed by atoms with Crippen molar-refractivity contribution in [2.24, 2.45) is 0 Å². The number of carbonyl (C=O) groups excluding carboxylic acids is 1. The molecule has 31 heavy (non-hydrogen) atoms. The third-order valence-electron chi connectivity index (χ3n) is 4.79. The van der Waals surface area contributed by atoms with Gasteiger partial charge in [0, 0.05) is 12.2 Å². The van der Waals surface area contributed by atoms with Gasteiger partial charge in [0.15, 0.2) is 11.0 Å². The number of amides is 1. The lowest BCUT2D eigenvalue weighted by atomic mass is 10.2. The van der Waals surface area contributed by atoms with E-state index >= 15 is 0 Å². The molecule has 0 spiro atoms. The van der Waals surface area contributed by atoms with Crippen LogP contribution in [-0.2, 0) is 16.1 Å². The minimum Gasteiger partial charge on any atom is -0.376 e. The Balaban J connectivity index is 1.51. The van der Waals surface area contributed by atoms with E-state index in [1.54, 1.807) is 30.3 Å². The van der Waals surface area contributed by atoms with Crippen molar-refractivity contribution >= 4 is 46.6 Å². The van der Waals surface area contributed by atoms with Gasteiger partial charge < -0.3 is 10.1 Å². The summed E-state index contributed by atoms with van der Waals surface area (Å²) in [4.78, 5) is 12.5. The standard InChI is InChI=1S/C21H19Cl2FN4O2S/c22-16-4-1-5-17(23)19(16)25-18(29)12-31-21-27-26-20(13-6-8-14(24)9-7-13)28(21)11-15-3-2-10-30-15/h1,4-9,15H,2-3,10-12H2,(H,25,29). The van der Waals surface area contributed by atoms with Crippen LogP contribution in [0.15, 0.2) is 47.6 Å². The number of thioether (sulfide) groups is 1. The van der Waals surface area contributed by atoms with E-state index < -0.39 is 0 Å². The van der Waals surface area contributed by atoms with Crippen LogP contribution >= 0.6 is 35.0 Å². The minimum atomic E-state index is -0.321. The maximum atomic E-state index is 13.4. The molecule has 1 aliphatic heterocycles. The van der Waals surface area contributed by atoms with E-state index in [9.17, 15) is 9.18 Å². The number of aromatic nitrogens is 3. The fourth-order valence-corrected chi connectivity index (χ4v) is 4.53. The topological polar surface area (TPSA) is 69.0 Å². The van der Waals surface area contributed by atoms with Crippen molar-refractivity contribution in [2.45, 2.75) is 30.6 Å². The first-order valence-electron chi connectivity index (χ1n) is 9.68. The van der Waals surface area contributed by atoms with Gasteiger partial charge in [0.2, 0.25) is 5.91 Å². The van der Waals surface area contributed by atoms with Crippen LogP contribution in [0.3, 0.4) is 0 Å². The number of nitrogens with one attached hydrogen (secondary N) is 1. The van der Waals surface area contributed by atoms with Crippen LogP contribution in [0, 0.1) is 5.82 Å². The van der Waals surface area contributed by atoms with Crippen molar-refractivity contribution in [3.8, 4) is 11.4 Å². The molecule has 1 fully saturated rings. The molecule has 1 N–H and O–H groups in total. The summed E-state index contributed by atoms with van der Waals surface area (Å²) in [5, 5.41) is 12.6. The quantitative estimate of drug-likeness (QED) is 0.464. The molecule has 3 aromatic rings. The van der Waals surface area contributed by atoms with Gasteiger partial charge in [-0.2, -0.15) is 0 Å². The molecule has 1 aromatic heterocycles. The second-order valence-electron chi connectivity index (χ2n) is 6.99. The monoisotopic (exact) mass is 480 g/mol. The molecular formula is C21H19Cl2FN4O2S. The summed E-state index contributed by atoms with van der Waals surface area (Å²) in [5.74, 6) is 0.107. The number of hydrogen-bond donors (Lipinski definition) is 1. The zero-order valence-electron chi connectivity index (χ0n) is 16.4. The highest BCUT2D eigenvalue weighted by atomic mass is 35.5. The predicted octanol–water partition coefficient (Wildman–Crippen LogP) is 5.30. The number of nitrogens with zero attached hydrogens (tertiary/aromatic N) is 3. The molecular weight excluding hydrogens is 462 g/mol. The number of ether oxygens (including phenoxy) is 1. The molecule has 2 aromatic carbocycles. The largest absolute Gasteiger partial charge is 0.376 e. The van der Waals surface area contributed by atoms with Crippen molar-refractivity contribution in [1.29, 1.82) is 0 Å². The molecule has 1 unspecified atom stereocenters. The predicted molar refractivity (Wildman–Crippen MR) is 120 cm³/mol. The molecule has 0 aliphatic carbocycles. The first-order chi connectivity index (χ1) is 15.0. The lowest BCUT2D eigenvalue weighted by Crippen LogP contribution is -2.18. The fourth-order valence-electron chi connectivity index (χ4n) is 3.29. The summed E-state index contributed by atoms with van der Waals surface area (Å²) in [7, 11) is 0. The Morgan fingerprint density at radius 2 is 1.94 bits per heavy atom. The summed E-state index contributed by atoms with van der Waals surface area (Å²) in [6.45, 7) is 1.28. The number of hydrogen-bond acceptors (Lipinski definition) is 5. The van der Waals surface area contributed by atoms with Gasteiger partial charge in [0.05, 0.1) is 34.1 Å². The molecule has 162 valence electrons. The normalized spacial score (nSPS) is 15.9. The van der Waals surface area contributed by atoms with Gasteiger partial charge in [0.25, 0.3) is 0 Å². The van der Waals surface area contributed by atoms with E-state index in [0.29, 0.717) is 33.3 Å². The zero-order chi connectivity index (χ0) is 21.8. The molecule has 0 bridgehead atoms. The highest BCUT2D eigenvalue weighted by Crippen LogP contribution is 2.31. The Bertz CT molecular complexity index is 1050. The SMILES string of the molecule is O=C(CSc1nnc(-c2ccc(F)cc2)n1CC1CCCO1)Nc1c(Cl)cccc1Cl. The average molecular weight is 481 g/mol. The summed E-state index contributed by atoms with van der Waals surface area (Å²) >= 11 is 13.5. The zero-order valence-corrected chi connectivity index (χ0v) is 18.7. The number of benzene rings is 2. The maximum Gasteiger partial charge on any atom is 0.234 e. The van der Waals surface area contributed by atoms with Crippen LogP contribution in [0.25, 0.3) is 11.4 Å².